The van der Waals surface area contributed by atoms with Crippen LogP contribution in [0.1, 0.15) is 31.9 Å². The summed E-state index contributed by atoms with van der Waals surface area (Å²) in [4.78, 5) is 15.9. The number of halogens is 2. The average molecular weight is 308 g/mol. The lowest BCUT2D eigenvalue weighted by atomic mass is 10.0. The number of hydrogen-bond donors (Lipinski definition) is 2. The van der Waals surface area contributed by atoms with E-state index in [-0.39, 0.29) is 42.7 Å². The standard InChI is InChI=1S/C13H21N3O.2ClH/c1-4-12(11-5-7-15-8-6-11)16-13(17)10(2)9-14-3;;/h5-8,10,12,14H,4,9H2,1-3H3,(H,16,17);2*1H. The zero-order chi connectivity index (χ0) is 12.7. The molecule has 6 heteroatoms. The second kappa shape index (κ2) is 11.0. The van der Waals surface area contributed by atoms with E-state index in [0.29, 0.717) is 6.54 Å². The molecule has 0 aromatic carbocycles. The quantitative estimate of drug-likeness (QED) is 0.848. The highest BCUT2D eigenvalue weighted by atomic mass is 35.5. The van der Waals surface area contributed by atoms with E-state index in [0.717, 1.165) is 12.0 Å². The first kappa shape index (κ1) is 20.5. The number of nitrogens with zero attached hydrogens (tertiary/aromatic N) is 1. The van der Waals surface area contributed by atoms with Crippen molar-refractivity contribution >= 4 is 30.7 Å². The van der Waals surface area contributed by atoms with Crippen molar-refractivity contribution in [3.8, 4) is 0 Å². The highest BCUT2D eigenvalue weighted by molar-refractivity contribution is 5.85. The van der Waals surface area contributed by atoms with Crippen LogP contribution in [0.4, 0.5) is 0 Å². The van der Waals surface area contributed by atoms with Gasteiger partial charge in [0.2, 0.25) is 5.91 Å². The Morgan fingerprint density at radius 3 is 2.37 bits per heavy atom. The van der Waals surface area contributed by atoms with Crippen molar-refractivity contribution in [2.75, 3.05) is 13.6 Å². The molecule has 0 aliphatic carbocycles. The van der Waals surface area contributed by atoms with Crippen molar-refractivity contribution in [2.24, 2.45) is 5.92 Å². The SMILES string of the molecule is CCC(NC(=O)C(C)CNC)c1ccncc1.Cl.Cl. The van der Waals surface area contributed by atoms with Crippen LogP contribution in [-0.4, -0.2) is 24.5 Å². The topological polar surface area (TPSA) is 54.0 Å². The Hall–Kier alpha value is -0.840. The van der Waals surface area contributed by atoms with Gasteiger partial charge in [-0.2, -0.15) is 0 Å². The molecule has 0 radical (unpaired) electrons. The number of rotatable bonds is 6. The fourth-order valence-electron chi connectivity index (χ4n) is 1.73. The summed E-state index contributed by atoms with van der Waals surface area (Å²) < 4.78 is 0. The molecule has 0 saturated carbocycles. The third-order valence-corrected chi connectivity index (χ3v) is 2.79. The lowest BCUT2D eigenvalue weighted by Crippen LogP contribution is -2.36. The first-order valence-corrected chi connectivity index (χ1v) is 6.04. The van der Waals surface area contributed by atoms with E-state index in [1.54, 1.807) is 12.4 Å². The zero-order valence-corrected chi connectivity index (χ0v) is 13.2. The minimum atomic E-state index is -0.0177. The van der Waals surface area contributed by atoms with Gasteiger partial charge in [-0.05, 0) is 31.2 Å². The predicted molar refractivity (Wildman–Crippen MR) is 83.0 cm³/mol. The van der Waals surface area contributed by atoms with Gasteiger partial charge < -0.3 is 10.6 Å². The first-order chi connectivity index (χ1) is 8.19. The van der Waals surface area contributed by atoms with E-state index in [2.05, 4.69) is 22.5 Å². The maximum absolute atomic E-state index is 11.9. The van der Waals surface area contributed by atoms with Crippen LogP contribution in [0.5, 0.6) is 0 Å². The minimum Gasteiger partial charge on any atom is -0.349 e. The van der Waals surface area contributed by atoms with Crippen molar-refractivity contribution in [3.63, 3.8) is 0 Å². The van der Waals surface area contributed by atoms with Gasteiger partial charge in [0.15, 0.2) is 0 Å². The molecule has 1 aromatic heterocycles. The molecule has 0 saturated heterocycles. The Labute approximate surface area is 127 Å². The molecule has 0 aliphatic heterocycles. The molecule has 1 rings (SSSR count). The van der Waals surface area contributed by atoms with Crippen LogP contribution >= 0.6 is 24.8 Å². The van der Waals surface area contributed by atoms with Gasteiger partial charge in [-0.25, -0.2) is 0 Å². The third kappa shape index (κ3) is 6.76. The van der Waals surface area contributed by atoms with Crippen LogP contribution in [0.2, 0.25) is 0 Å². The maximum Gasteiger partial charge on any atom is 0.224 e. The Bertz CT molecular complexity index is 349. The van der Waals surface area contributed by atoms with Gasteiger partial charge in [-0.3, -0.25) is 9.78 Å². The number of carbonyl (C=O) groups is 1. The first-order valence-electron chi connectivity index (χ1n) is 6.04. The molecule has 0 spiro atoms. The maximum atomic E-state index is 11.9. The van der Waals surface area contributed by atoms with E-state index in [1.807, 2.05) is 26.1 Å². The van der Waals surface area contributed by atoms with Crippen LogP contribution in [0, 0.1) is 5.92 Å². The summed E-state index contributed by atoms with van der Waals surface area (Å²) in [5.74, 6) is 0.0684. The predicted octanol–water partition coefficient (Wildman–Crippen LogP) is 2.35. The third-order valence-electron chi connectivity index (χ3n) is 2.79. The Morgan fingerprint density at radius 1 is 1.32 bits per heavy atom. The fourth-order valence-corrected chi connectivity index (χ4v) is 1.73. The van der Waals surface area contributed by atoms with E-state index < -0.39 is 0 Å². The van der Waals surface area contributed by atoms with Crippen LogP contribution in [0.3, 0.4) is 0 Å². The Balaban J connectivity index is 0. The summed E-state index contributed by atoms with van der Waals surface area (Å²) in [6.07, 6.45) is 4.38. The molecule has 1 aromatic rings. The highest BCUT2D eigenvalue weighted by Gasteiger charge is 2.16. The summed E-state index contributed by atoms with van der Waals surface area (Å²) in [6, 6.07) is 3.96. The molecular formula is C13H23Cl2N3O. The summed E-state index contributed by atoms with van der Waals surface area (Å²) in [7, 11) is 1.85. The lowest BCUT2D eigenvalue weighted by molar-refractivity contribution is -0.125. The summed E-state index contributed by atoms with van der Waals surface area (Å²) in [5, 5.41) is 6.07. The molecule has 0 aliphatic rings. The molecule has 0 bridgehead atoms. The van der Waals surface area contributed by atoms with Gasteiger partial charge in [0.25, 0.3) is 0 Å². The van der Waals surface area contributed by atoms with Crippen molar-refractivity contribution in [1.82, 2.24) is 15.6 Å². The molecule has 4 nitrogen and oxygen atoms in total. The normalized spacial score (nSPS) is 12.6. The van der Waals surface area contributed by atoms with Crippen LogP contribution in [0.15, 0.2) is 24.5 Å². The summed E-state index contributed by atoms with van der Waals surface area (Å²) in [6.45, 7) is 4.68. The largest absolute Gasteiger partial charge is 0.349 e. The van der Waals surface area contributed by atoms with Crippen molar-refractivity contribution in [3.05, 3.63) is 30.1 Å². The lowest BCUT2D eigenvalue weighted by Gasteiger charge is -2.20. The minimum absolute atomic E-state index is 0. The number of nitrogens with one attached hydrogen (secondary N) is 2. The molecule has 1 heterocycles. The van der Waals surface area contributed by atoms with Crippen molar-refractivity contribution in [1.29, 1.82) is 0 Å². The van der Waals surface area contributed by atoms with Gasteiger partial charge in [-0.1, -0.05) is 13.8 Å². The number of pyridine rings is 1. The summed E-state index contributed by atoms with van der Waals surface area (Å²) in [5.41, 5.74) is 1.10. The second-order valence-corrected chi connectivity index (χ2v) is 4.21. The van der Waals surface area contributed by atoms with Crippen LogP contribution in [-0.2, 0) is 4.79 Å². The summed E-state index contributed by atoms with van der Waals surface area (Å²) >= 11 is 0. The van der Waals surface area contributed by atoms with Gasteiger partial charge in [0.05, 0.1) is 6.04 Å². The average Bonchev–Trinajstić information content (AvgIpc) is 2.37. The van der Waals surface area contributed by atoms with E-state index in [4.69, 9.17) is 0 Å². The molecule has 110 valence electrons. The Kier molecular flexibility index (Phi) is 11.9. The number of aromatic nitrogens is 1. The molecule has 2 unspecified atom stereocenters. The van der Waals surface area contributed by atoms with E-state index in [9.17, 15) is 4.79 Å². The van der Waals surface area contributed by atoms with Crippen LogP contribution < -0.4 is 10.6 Å². The van der Waals surface area contributed by atoms with Crippen molar-refractivity contribution in [2.45, 2.75) is 26.3 Å². The number of hydrogen-bond acceptors (Lipinski definition) is 3. The molecule has 0 fully saturated rings. The monoisotopic (exact) mass is 307 g/mol. The molecule has 2 atom stereocenters. The van der Waals surface area contributed by atoms with Gasteiger partial charge in [-0.15, -0.1) is 24.8 Å². The van der Waals surface area contributed by atoms with Gasteiger partial charge in [0, 0.05) is 24.9 Å². The number of carbonyl (C=O) groups excluding carboxylic acids is 1. The fraction of sp³-hybridized carbons (Fsp3) is 0.538. The zero-order valence-electron chi connectivity index (χ0n) is 11.6. The highest BCUT2D eigenvalue weighted by Crippen LogP contribution is 2.15. The van der Waals surface area contributed by atoms with Crippen molar-refractivity contribution < 1.29 is 4.79 Å². The smallest absolute Gasteiger partial charge is 0.224 e. The molecule has 19 heavy (non-hydrogen) atoms. The van der Waals surface area contributed by atoms with Gasteiger partial charge in [0.1, 0.15) is 0 Å². The Morgan fingerprint density at radius 2 is 1.89 bits per heavy atom. The van der Waals surface area contributed by atoms with Crippen LogP contribution in [0.25, 0.3) is 0 Å². The molecule has 2 N–H and O–H groups in total. The van der Waals surface area contributed by atoms with Gasteiger partial charge >= 0.3 is 0 Å². The molecular weight excluding hydrogens is 285 g/mol. The number of amides is 1. The van der Waals surface area contributed by atoms with E-state index in [1.165, 1.54) is 0 Å². The van der Waals surface area contributed by atoms with E-state index >= 15 is 0 Å². The second-order valence-electron chi connectivity index (χ2n) is 4.21. The molecule has 1 amide bonds.